The molecule has 0 aromatic heterocycles. The standard InChI is InChI=1S/C18H22N4O4/c1-20(18(25)26)11-9-21(10-11)13-3-2-4-14-12(13)7-8-22(14)15-5-6-16(23)19-17(15)24/h2-4,11,15H,5-10H2,1H3,(H,25,26)(H,19,23,24). The lowest BCUT2D eigenvalue weighted by Crippen LogP contribution is -2.59. The third-order valence-corrected chi connectivity index (χ3v) is 5.68. The zero-order chi connectivity index (χ0) is 18.4. The molecular weight excluding hydrogens is 336 g/mol. The van der Waals surface area contributed by atoms with E-state index in [0.717, 1.165) is 24.3 Å². The zero-order valence-corrected chi connectivity index (χ0v) is 14.6. The number of carbonyl (C=O) groups excluding carboxylic acids is 2. The highest BCUT2D eigenvalue weighted by Gasteiger charge is 2.38. The summed E-state index contributed by atoms with van der Waals surface area (Å²) < 4.78 is 0. The number of nitrogens with one attached hydrogen (secondary N) is 1. The average Bonchev–Trinajstić information content (AvgIpc) is 2.98. The molecule has 0 spiro atoms. The number of anilines is 2. The monoisotopic (exact) mass is 358 g/mol. The lowest BCUT2D eigenvalue weighted by molar-refractivity contribution is -0.134. The van der Waals surface area contributed by atoms with Crippen molar-refractivity contribution in [2.24, 2.45) is 0 Å². The van der Waals surface area contributed by atoms with Gasteiger partial charge in [-0.15, -0.1) is 0 Å². The molecule has 0 bridgehead atoms. The maximum atomic E-state index is 12.2. The number of piperidine rings is 1. The first kappa shape index (κ1) is 16.7. The van der Waals surface area contributed by atoms with Crippen molar-refractivity contribution in [1.29, 1.82) is 0 Å². The van der Waals surface area contributed by atoms with Crippen molar-refractivity contribution in [1.82, 2.24) is 10.2 Å². The SMILES string of the molecule is CN(C(=O)O)C1CN(c2cccc3c2CCN3C2CCC(=O)NC2=O)C1. The fraction of sp³-hybridized carbons (Fsp3) is 0.500. The lowest BCUT2D eigenvalue weighted by atomic mass is 10.0. The maximum absolute atomic E-state index is 12.2. The second-order valence-electron chi connectivity index (χ2n) is 7.14. The minimum atomic E-state index is -0.906. The van der Waals surface area contributed by atoms with E-state index in [2.05, 4.69) is 21.2 Å². The number of imide groups is 1. The van der Waals surface area contributed by atoms with Crippen LogP contribution in [-0.2, 0) is 16.0 Å². The van der Waals surface area contributed by atoms with Crippen LogP contribution in [0.25, 0.3) is 0 Å². The normalized spacial score (nSPS) is 22.7. The van der Waals surface area contributed by atoms with Crippen LogP contribution in [0.15, 0.2) is 18.2 Å². The molecule has 2 saturated heterocycles. The molecule has 1 aromatic rings. The van der Waals surface area contributed by atoms with Crippen LogP contribution >= 0.6 is 0 Å². The van der Waals surface area contributed by atoms with Gasteiger partial charge in [0.2, 0.25) is 11.8 Å². The van der Waals surface area contributed by atoms with E-state index >= 15 is 0 Å². The van der Waals surface area contributed by atoms with Crippen LogP contribution in [0.1, 0.15) is 18.4 Å². The van der Waals surface area contributed by atoms with Crippen LogP contribution in [0.3, 0.4) is 0 Å². The lowest BCUT2D eigenvalue weighted by Gasteiger charge is -2.45. The average molecular weight is 358 g/mol. The molecular formula is C18H22N4O4. The molecule has 1 atom stereocenters. The summed E-state index contributed by atoms with van der Waals surface area (Å²) in [6, 6.07) is 5.77. The number of amides is 3. The Kier molecular flexibility index (Phi) is 3.97. The van der Waals surface area contributed by atoms with Gasteiger partial charge in [0.1, 0.15) is 6.04 Å². The summed E-state index contributed by atoms with van der Waals surface area (Å²) in [7, 11) is 1.60. The molecule has 3 heterocycles. The minimum Gasteiger partial charge on any atom is -0.465 e. The quantitative estimate of drug-likeness (QED) is 0.771. The van der Waals surface area contributed by atoms with E-state index in [-0.39, 0.29) is 23.9 Å². The Hall–Kier alpha value is -2.77. The second kappa shape index (κ2) is 6.19. The van der Waals surface area contributed by atoms with Gasteiger partial charge in [-0.05, 0) is 25.0 Å². The van der Waals surface area contributed by atoms with Gasteiger partial charge in [0.25, 0.3) is 0 Å². The predicted octanol–water partition coefficient (Wildman–Crippen LogP) is 0.653. The topological polar surface area (TPSA) is 93.2 Å². The van der Waals surface area contributed by atoms with E-state index in [9.17, 15) is 14.4 Å². The summed E-state index contributed by atoms with van der Waals surface area (Å²) in [5.74, 6) is -0.416. The van der Waals surface area contributed by atoms with E-state index in [1.165, 1.54) is 10.5 Å². The summed E-state index contributed by atoms with van der Waals surface area (Å²) in [6.07, 6.45) is 0.858. The van der Waals surface area contributed by atoms with Crippen molar-refractivity contribution in [3.63, 3.8) is 0 Å². The van der Waals surface area contributed by atoms with Crippen LogP contribution in [-0.4, -0.2) is 66.7 Å². The molecule has 3 aliphatic heterocycles. The fourth-order valence-corrected chi connectivity index (χ4v) is 4.09. The van der Waals surface area contributed by atoms with Crippen molar-refractivity contribution in [3.8, 4) is 0 Å². The zero-order valence-electron chi connectivity index (χ0n) is 14.6. The van der Waals surface area contributed by atoms with Gasteiger partial charge < -0.3 is 19.8 Å². The number of carbonyl (C=O) groups is 3. The van der Waals surface area contributed by atoms with Gasteiger partial charge in [0.05, 0.1) is 6.04 Å². The molecule has 4 rings (SSSR count). The summed E-state index contributed by atoms with van der Waals surface area (Å²) >= 11 is 0. The highest BCUT2D eigenvalue weighted by atomic mass is 16.4. The van der Waals surface area contributed by atoms with E-state index < -0.39 is 6.09 Å². The molecule has 8 heteroatoms. The summed E-state index contributed by atoms with van der Waals surface area (Å²) in [5, 5.41) is 11.5. The molecule has 138 valence electrons. The van der Waals surface area contributed by atoms with Gasteiger partial charge in [-0.3, -0.25) is 14.9 Å². The summed E-state index contributed by atoms with van der Waals surface area (Å²) in [5.41, 5.74) is 3.37. The van der Waals surface area contributed by atoms with Crippen molar-refractivity contribution in [2.75, 3.05) is 36.5 Å². The van der Waals surface area contributed by atoms with Gasteiger partial charge in [-0.25, -0.2) is 4.79 Å². The highest BCUT2D eigenvalue weighted by Crippen LogP contribution is 2.39. The van der Waals surface area contributed by atoms with Crippen LogP contribution in [0.2, 0.25) is 0 Å². The molecule has 1 aromatic carbocycles. The van der Waals surface area contributed by atoms with Gasteiger partial charge in [-0.1, -0.05) is 6.07 Å². The number of hydrogen-bond donors (Lipinski definition) is 2. The predicted molar refractivity (Wildman–Crippen MR) is 95.5 cm³/mol. The number of benzene rings is 1. The fourth-order valence-electron chi connectivity index (χ4n) is 4.09. The van der Waals surface area contributed by atoms with E-state index in [0.29, 0.717) is 25.9 Å². The van der Waals surface area contributed by atoms with Crippen LogP contribution in [0.5, 0.6) is 0 Å². The van der Waals surface area contributed by atoms with Crippen molar-refractivity contribution in [2.45, 2.75) is 31.3 Å². The van der Waals surface area contributed by atoms with Gasteiger partial charge in [-0.2, -0.15) is 0 Å². The number of hydrogen-bond acceptors (Lipinski definition) is 5. The van der Waals surface area contributed by atoms with E-state index in [4.69, 9.17) is 5.11 Å². The number of fused-ring (bicyclic) bond motifs is 1. The Labute approximate surface area is 151 Å². The maximum Gasteiger partial charge on any atom is 0.407 e. The molecule has 8 nitrogen and oxygen atoms in total. The van der Waals surface area contributed by atoms with Crippen molar-refractivity contribution < 1.29 is 19.5 Å². The highest BCUT2D eigenvalue weighted by molar-refractivity contribution is 6.02. The summed E-state index contributed by atoms with van der Waals surface area (Å²) in [6.45, 7) is 2.11. The van der Waals surface area contributed by atoms with Gasteiger partial charge in [0.15, 0.2) is 0 Å². The Morgan fingerprint density at radius 2 is 1.96 bits per heavy atom. The molecule has 3 amide bonds. The van der Waals surface area contributed by atoms with Crippen LogP contribution < -0.4 is 15.1 Å². The van der Waals surface area contributed by atoms with Crippen LogP contribution in [0, 0.1) is 0 Å². The summed E-state index contributed by atoms with van der Waals surface area (Å²) in [4.78, 5) is 40.3. The van der Waals surface area contributed by atoms with Gasteiger partial charge in [0, 0.05) is 50.0 Å². The molecule has 26 heavy (non-hydrogen) atoms. The minimum absolute atomic E-state index is 0.0102. The third-order valence-electron chi connectivity index (χ3n) is 5.68. The molecule has 1 unspecified atom stereocenters. The Morgan fingerprint density at radius 1 is 1.23 bits per heavy atom. The molecule has 0 aliphatic carbocycles. The van der Waals surface area contributed by atoms with Crippen LogP contribution in [0.4, 0.5) is 16.2 Å². The number of carboxylic acid groups (broad SMARTS) is 1. The van der Waals surface area contributed by atoms with E-state index in [1.807, 2.05) is 12.1 Å². The van der Waals surface area contributed by atoms with Crippen molar-refractivity contribution >= 4 is 29.3 Å². The molecule has 0 radical (unpaired) electrons. The number of nitrogens with zero attached hydrogens (tertiary/aromatic N) is 3. The van der Waals surface area contributed by atoms with E-state index in [1.54, 1.807) is 7.05 Å². The third kappa shape index (κ3) is 2.65. The first-order valence-corrected chi connectivity index (χ1v) is 8.88. The Bertz CT molecular complexity index is 774. The van der Waals surface area contributed by atoms with Gasteiger partial charge >= 0.3 is 6.09 Å². The molecule has 2 fully saturated rings. The smallest absolute Gasteiger partial charge is 0.407 e. The molecule has 0 saturated carbocycles. The Morgan fingerprint density at radius 3 is 2.65 bits per heavy atom. The number of rotatable bonds is 3. The number of likely N-dealkylation sites (N-methyl/N-ethyl adjacent to an activating group) is 1. The van der Waals surface area contributed by atoms with Crippen molar-refractivity contribution in [3.05, 3.63) is 23.8 Å². The molecule has 3 aliphatic rings. The molecule has 2 N–H and O–H groups in total. The first-order valence-electron chi connectivity index (χ1n) is 8.88. The Balaban J connectivity index is 1.52. The second-order valence-corrected chi connectivity index (χ2v) is 7.14. The first-order chi connectivity index (χ1) is 12.5. The largest absolute Gasteiger partial charge is 0.465 e.